The fraction of sp³-hybridized carbons (Fsp3) is 0.111. The summed E-state index contributed by atoms with van der Waals surface area (Å²) in [5.41, 5.74) is 6.34. The highest BCUT2D eigenvalue weighted by atomic mass is 35.5. The van der Waals surface area contributed by atoms with Crippen LogP contribution in [0.1, 0.15) is 11.5 Å². The van der Waals surface area contributed by atoms with Crippen LogP contribution in [0.4, 0.5) is 5.95 Å². The first-order valence-corrected chi connectivity index (χ1v) is 4.44. The van der Waals surface area contributed by atoms with Crippen LogP contribution >= 0.6 is 11.6 Å². The average Bonchev–Trinajstić information content (AvgIpc) is 2.51. The molecule has 0 unspecified atom stereocenters. The number of rotatable bonds is 2. The lowest BCUT2D eigenvalue weighted by molar-refractivity contribution is 0.386. The van der Waals surface area contributed by atoms with Gasteiger partial charge in [0.2, 0.25) is 5.89 Å². The normalized spacial score (nSPS) is 10.4. The second-order valence-electron chi connectivity index (χ2n) is 2.85. The van der Waals surface area contributed by atoms with Crippen molar-refractivity contribution in [3.63, 3.8) is 0 Å². The number of nitrogens with zero attached hydrogens (tertiary/aromatic N) is 2. The lowest BCUT2D eigenvalue weighted by Gasteiger charge is -1.96. The van der Waals surface area contributed by atoms with Crippen LogP contribution in [0.3, 0.4) is 0 Å². The van der Waals surface area contributed by atoms with Crippen molar-refractivity contribution in [2.45, 2.75) is 6.42 Å². The standard InChI is InChI=1S/C9H8ClN3O/c10-7-3-1-2-6(4-7)5-8-12-9(11)13-14-8/h1-4H,5H2,(H2,11,13). The minimum Gasteiger partial charge on any atom is -0.365 e. The van der Waals surface area contributed by atoms with Crippen molar-refractivity contribution in [2.75, 3.05) is 5.73 Å². The van der Waals surface area contributed by atoms with Crippen molar-refractivity contribution < 1.29 is 4.52 Å². The fourth-order valence-corrected chi connectivity index (χ4v) is 1.37. The number of anilines is 1. The molecule has 0 radical (unpaired) electrons. The summed E-state index contributed by atoms with van der Waals surface area (Å²) in [6.07, 6.45) is 0.546. The summed E-state index contributed by atoms with van der Waals surface area (Å²) in [5, 5.41) is 4.18. The number of nitrogen functional groups attached to an aromatic ring is 1. The largest absolute Gasteiger partial charge is 0.365 e. The third-order valence-electron chi connectivity index (χ3n) is 1.73. The van der Waals surface area contributed by atoms with Crippen LogP contribution < -0.4 is 5.73 Å². The van der Waals surface area contributed by atoms with E-state index >= 15 is 0 Å². The quantitative estimate of drug-likeness (QED) is 0.821. The molecule has 0 saturated carbocycles. The van der Waals surface area contributed by atoms with Gasteiger partial charge in [0.05, 0.1) is 6.42 Å². The van der Waals surface area contributed by atoms with E-state index in [1.165, 1.54) is 0 Å². The topological polar surface area (TPSA) is 64.9 Å². The third kappa shape index (κ3) is 2.03. The number of benzene rings is 1. The molecule has 14 heavy (non-hydrogen) atoms. The summed E-state index contributed by atoms with van der Waals surface area (Å²) in [5.74, 6) is 0.645. The van der Waals surface area contributed by atoms with Gasteiger partial charge in [0.25, 0.3) is 5.95 Å². The Morgan fingerprint density at radius 2 is 2.29 bits per heavy atom. The molecule has 2 aromatic rings. The van der Waals surface area contributed by atoms with Crippen molar-refractivity contribution >= 4 is 17.5 Å². The second-order valence-corrected chi connectivity index (χ2v) is 3.29. The Kier molecular flexibility index (Phi) is 2.37. The Morgan fingerprint density at radius 1 is 1.43 bits per heavy atom. The predicted octanol–water partition coefficient (Wildman–Crippen LogP) is 1.90. The van der Waals surface area contributed by atoms with Crippen molar-refractivity contribution in [3.8, 4) is 0 Å². The van der Waals surface area contributed by atoms with Crippen LogP contribution in [0.2, 0.25) is 5.02 Å². The van der Waals surface area contributed by atoms with Crippen LogP contribution in [0, 0.1) is 0 Å². The maximum absolute atomic E-state index is 5.82. The van der Waals surface area contributed by atoms with Crippen LogP contribution in [-0.4, -0.2) is 10.1 Å². The lowest BCUT2D eigenvalue weighted by Crippen LogP contribution is -1.90. The number of hydrogen-bond acceptors (Lipinski definition) is 4. The Bertz CT molecular complexity index is 441. The molecule has 0 aliphatic heterocycles. The molecule has 4 nitrogen and oxygen atoms in total. The lowest BCUT2D eigenvalue weighted by atomic mass is 10.1. The highest BCUT2D eigenvalue weighted by molar-refractivity contribution is 6.30. The summed E-state index contributed by atoms with van der Waals surface area (Å²) in [4.78, 5) is 3.89. The second kappa shape index (κ2) is 3.67. The van der Waals surface area contributed by atoms with E-state index in [0.717, 1.165) is 5.56 Å². The number of aromatic nitrogens is 2. The van der Waals surface area contributed by atoms with Gasteiger partial charge >= 0.3 is 0 Å². The summed E-state index contributed by atoms with van der Waals surface area (Å²) in [6, 6.07) is 7.47. The van der Waals surface area contributed by atoms with Gasteiger partial charge in [-0.05, 0) is 22.9 Å². The van der Waals surface area contributed by atoms with E-state index in [0.29, 0.717) is 17.3 Å². The van der Waals surface area contributed by atoms with Gasteiger partial charge in [0.1, 0.15) is 0 Å². The smallest absolute Gasteiger partial charge is 0.260 e. The SMILES string of the molecule is Nc1noc(Cc2cccc(Cl)c2)n1. The molecule has 1 aromatic carbocycles. The minimum atomic E-state index is 0.155. The van der Waals surface area contributed by atoms with Crippen molar-refractivity contribution in [3.05, 3.63) is 40.7 Å². The maximum Gasteiger partial charge on any atom is 0.260 e. The summed E-state index contributed by atoms with van der Waals surface area (Å²) in [7, 11) is 0. The molecule has 5 heteroatoms. The van der Waals surface area contributed by atoms with Crippen LogP contribution in [0.25, 0.3) is 0 Å². The Labute approximate surface area is 85.7 Å². The van der Waals surface area contributed by atoms with Gasteiger partial charge in [-0.3, -0.25) is 0 Å². The number of hydrogen-bond donors (Lipinski definition) is 1. The molecular weight excluding hydrogens is 202 g/mol. The van der Waals surface area contributed by atoms with Gasteiger partial charge in [-0.1, -0.05) is 23.7 Å². The van der Waals surface area contributed by atoms with Crippen molar-refractivity contribution in [1.82, 2.24) is 10.1 Å². The average molecular weight is 210 g/mol. The molecule has 0 amide bonds. The highest BCUT2D eigenvalue weighted by Crippen LogP contribution is 2.13. The van der Waals surface area contributed by atoms with Crippen LogP contribution in [0.15, 0.2) is 28.8 Å². The fourth-order valence-electron chi connectivity index (χ4n) is 1.16. The molecule has 1 heterocycles. The molecule has 2 rings (SSSR count). The van der Waals surface area contributed by atoms with Crippen molar-refractivity contribution in [2.24, 2.45) is 0 Å². The molecule has 0 fully saturated rings. The first-order valence-electron chi connectivity index (χ1n) is 4.06. The van der Waals surface area contributed by atoms with E-state index in [1.807, 2.05) is 24.3 Å². The monoisotopic (exact) mass is 209 g/mol. The molecule has 2 N–H and O–H groups in total. The zero-order valence-electron chi connectivity index (χ0n) is 7.27. The molecular formula is C9H8ClN3O. The van der Waals surface area contributed by atoms with Crippen LogP contribution in [0.5, 0.6) is 0 Å². The van der Waals surface area contributed by atoms with E-state index in [2.05, 4.69) is 10.1 Å². The summed E-state index contributed by atoms with van der Waals surface area (Å²) >= 11 is 5.82. The van der Waals surface area contributed by atoms with E-state index in [-0.39, 0.29) is 5.95 Å². The Hall–Kier alpha value is -1.55. The molecule has 0 saturated heterocycles. The maximum atomic E-state index is 5.82. The molecule has 1 aromatic heterocycles. The molecule has 0 bridgehead atoms. The molecule has 0 aliphatic rings. The predicted molar refractivity (Wildman–Crippen MR) is 53.0 cm³/mol. The third-order valence-corrected chi connectivity index (χ3v) is 1.96. The van der Waals surface area contributed by atoms with E-state index < -0.39 is 0 Å². The molecule has 0 atom stereocenters. The summed E-state index contributed by atoms with van der Waals surface area (Å²) in [6.45, 7) is 0. The van der Waals surface area contributed by atoms with Gasteiger partial charge in [-0.15, -0.1) is 0 Å². The van der Waals surface area contributed by atoms with Crippen molar-refractivity contribution in [1.29, 1.82) is 0 Å². The summed E-state index contributed by atoms with van der Waals surface area (Å²) < 4.78 is 4.88. The zero-order chi connectivity index (χ0) is 9.97. The molecule has 0 aliphatic carbocycles. The van der Waals surface area contributed by atoms with E-state index in [1.54, 1.807) is 0 Å². The molecule has 72 valence electrons. The van der Waals surface area contributed by atoms with E-state index in [4.69, 9.17) is 21.9 Å². The highest BCUT2D eigenvalue weighted by Gasteiger charge is 2.04. The van der Waals surface area contributed by atoms with Gasteiger partial charge < -0.3 is 10.3 Å². The number of halogens is 1. The van der Waals surface area contributed by atoms with E-state index in [9.17, 15) is 0 Å². The van der Waals surface area contributed by atoms with Gasteiger partial charge in [-0.2, -0.15) is 4.98 Å². The first-order chi connectivity index (χ1) is 6.74. The van der Waals surface area contributed by atoms with Gasteiger partial charge in [0, 0.05) is 5.02 Å². The first kappa shape index (κ1) is 9.02. The minimum absolute atomic E-state index is 0.155. The number of nitrogens with two attached hydrogens (primary N) is 1. The zero-order valence-corrected chi connectivity index (χ0v) is 8.03. The van der Waals surface area contributed by atoms with Gasteiger partial charge in [-0.25, -0.2) is 0 Å². The van der Waals surface area contributed by atoms with Gasteiger partial charge in [0.15, 0.2) is 0 Å². The Balaban J connectivity index is 2.18. The molecule has 0 spiro atoms. The Morgan fingerprint density at radius 3 is 2.93 bits per heavy atom. The van der Waals surface area contributed by atoms with Crippen LogP contribution in [-0.2, 0) is 6.42 Å².